The predicted octanol–water partition coefficient (Wildman–Crippen LogP) is 3.86. The fourth-order valence-corrected chi connectivity index (χ4v) is 5.48. The van der Waals surface area contributed by atoms with Crippen LogP contribution in [-0.4, -0.2) is 12.5 Å². The van der Waals surface area contributed by atoms with Crippen LogP contribution in [0.15, 0.2) is 0 Å². The molecule has 0 radical (unpaired) electrons. The quantitative estimate of drug-likeness (QED) is 0.830. The molecule has 2 nitrogen and oxygen atoms in total. The van der Waals surface area contributed by atoms with Crippen molar-refractivity contribution in [1.82, 2.24) is 5.32 Å². The monoisotopic (exact) mass is 277 g/mol. The summed E-state index contributed by atoms with van der Waals surface area (Å²) in [7, 11) is 0. The molecule has 0 aliphatic heterocycles. The molecule has 1 amide bonds. The molecular weight excluding hydrogens is 246 g/mol. The first kappa shape index (κ1) is 14.4. The minimum atomic E-state index is 0.299. The molecule has 3 aliphatic rings. The summed E-state index contributed by atoms with van der Waals surface area (Å²) in [6, 6.07) is 0. The second kappa shape index (κ2) is 5.03. The van der Waals surface area contributed by atoms with Crippen molar-refractivity contribution in [3.05, 3.63) is 0 Å². The van der Waals surface area contributed by atoms with Gasteiger partial charge in [-0.1, -0.05) is 34.1 Å². The minimum absolute atomic E-state index is 0.299. The Hall–Kier alpha value is -0.530. The third-order valence-electron chi connectivity index (χ3n) is 6.88. The highest BCUT2D eigenvalue weighted by Crippen LogP contribution is 2.58. The zero-order valence-corrected chi connectivity index (χ0v) is 13.6. The molecule has 114 valence electrons. The third-order valence-corrected chi connectivity index (χ3v) is 6.88. The second-order valence-corrected chi connectivity index (χ2v) is 8.49. The molecule has 3 rings (SSSR count). The molecule has 20 heavy (non-hydrogen) atoms. The lowest BCUT2D eigenvalue weighted by Gasteiger charge is -2.39. The molecular formula is C18H31NO. The van der Waals surface area contributed by atoms with Crippen LogP contribution in [0.5, 0.6) is 0 Å². The van der Waals surface area contributed by atoms with E-state index in [0.29, 0.717) is 35.0 Å². The van der Waals surface area contributed by atoms with Crippen LogP contribution in [0.2, 0.25) is 0 Å². The van der Waals surface area contributed by atoms with Gasteiger partial charge in [-0.3, -0.25) is 4.79 Å². The van der Waals surface area contributed by atoms with E-state index < -0.39 is 0 Å². The van der Waals surface area contributed by atoms with Gasteiger partial charge in [0.25, 0.3) is 0 Å². The molecule has 0 saturated heterocycles. The Morgan fingerprint density at radius 1 is 1.25 bits per heavy atom. The van der Waals surface area contributed by atoms with Gasteiger partial charge in [0.05, 0.1) is 0 Å². The molecule has 0 heterocycles. The smallest absolute Gasteiger partial charge is 0.223 e. The van der Waals surface area contributed by atoms with Crippen LogP contribution < -0.4 is 5.32 Å². The zero-order chi connectivity index (χ0) is 14.5. The van der Waals surface area contributed by atoms with Crippen molar-refractivity contribution in [3.63, 3.8) is 0 Å². The number of hydrogen-bond donors (Lipinski definition) is 1. The highest BCUT2D eigenvalue weighted by molar-refractivity contribution is 5.80. The Morgan fingerprint density at radius 2 is 1.90 bits per heavy atom. The Balaban J connectivity index is 1.66. The average Bonchev–Trinajstić information content (AvgIpc) is 2.87. The zero-order valence-electron chi connectivity index (χ0n) is 13.6. The lowest BCUT2D eigenvalue weighted by Crippen LogP contribution is -2.45. The molecule has 2 bridgehead atoms. The molecule has 0 spiro atoms. The van der Waals surface area contributed by atoms with Crippen LogP contribution in [0.4, 0.5) is 0 Å². The van der Waals surface area contributed by atoms with Gasteiger partial charge in [0.15, 0.2) is 0 Å². The van der Waals surface area contributed by atoms with E-state index in [1.165, 1.54) is 32.1 Å². The maximum Gasteiger partial charge on any atom is 0.223 e. The van der Waals surface area contributed by atoms with E-state index in [0.717, 1.165) is 18.4 Å². The Bertz CT molecular complexity index is 385. The summed E-state index contributed by atoms with van der Waals surface area (Å²) in [6.07, 6.45) is 6.55. The largest absolute Gasteiger partial charge is 0.355 e. The molecule has 0 aromatic rings. The average molecular weight is 277 g/mol. The molecule has 3 aliphatic carbocycles. The van der Waals surface area contributed by atoms with Crippen molar-refractivity contribution >= 4 is 5.91 Å². The normalized spacial score (nSPS) is 41.8. The van der Waals surface area contributed by atoms with Crippen molar-refractivity contribution in [2.24, 2.45) is 40.9 Å². The van der Waals surface area contributed by atoms with E-state index in [2.05, 4.69) is 33.0 Å². The van der Waals surface area contributed by atoms with Gasteiger partial charge in [-0.15, -0.1) is 0 Å². The van der Waals surface area contributed by atoms with Gasteiger partial charge >= 0.3 is 0 Å². The summed E-state index contributed by atoms with van der Waals surface area (Å²) >= 11 is 0. The Labute approximate surface area is 124 Å². The predicted molar refractivity (Wildman–Crippen MR) is 82.2 cm³/mol. The number of amides is 1. The van der Waals surface area contributed by atoms with Gasteiger partial charge < -0.3 is 5.32 Å². The number of carbonyl (C=O) groups excluding carboxylic acids is 1. The Morgan fingerprint density at radius 3 is 2.45 bits per heavy atom. The van der Waals surface area contributed by atoms with Crippen LogP contribution in [0.1, 0.15) is 59.8 Å². The maximum atomic E-state index is 12.8. The van der Waals surface area contributed by atoms with E-state index in [4.69, 9.17) is 0 Å². The molecule has 3 fully saturated rings. The molecule has 0 aromatic carbocycles. The van der Waals surface area contributed by atoms with Crippen molar-refractivity contribution in [2.75, 3.05) is 6.54 Å². The number of hydrogen-bond acceptors (Lipinski definition) is 1. The SMILES string of the molecule is CC(C)C1C2CC[C@@H]([C@@H]1C(=O)NCC1(C)CCC1)[C@H]2C. The minimum Gasteiger partial charge on any atom is -0.355 e. The molecule has 3 saturated carbocycles. The highest BCUT2D eigenvalue weighted by Gasteiger charge is 2.55. The first-order valence-corrected chi connectivity index (χ1v) is 8.71. The van der Waals surface area contributed by atoms with E-state index in [1.54, 1.807) is 0 Å². The van der Waals surface area contributed by atoms with Crippen molar-refractivity contribution in [2.45, 2.75) is 59.8 Å². The first-order valence-electron chi connectivity index (χ1n) is 8.71. The van der Waals surface area contributed by atoms with Crippen LogP contribution in [0.25, 0.3) is 0 Å². The van der Waals surface area contributed by atoms with E-state index in [9.17, 15) is 4.79 Å². The lowest BCUT2D eigenvalue weighted by atomic mass is 9.70. The van der Waals surface area contributed by atoms with E-state index in [-0.39, 0.29) is 0 Å². The van der Waals surface area contributed by atoms with Crippen LogP contribution in [0.3, 0.4) is 0 Å². The fourth-order valence-electron chi connectivity index (χ4n) is 5.48. The number of nitrogens with one attached hydrogen (secondary N) is 1. The van der Waals surface area contributed by atoms with Gasteiger partial charge in [-0.25, -0.2) is 0 Å². The first-order chi connectivity index (χ1) is 9.43. The summed E-state index contributed by atoms with van der Waals surface area (Å²) < 4.78 is 0. The van der Waals surface area contributed by atoms with Crippen LogP contribution in [0, 0.1) is 40.9 Å². The van der Waals surface area contributed by atoms with Gasteiger partial charge in [-0.2, -0.15) is 0 Å². The van der Waals surface area contributed by atoms with Crippen LogP contribution in [-0.2, 0) is 4.79 Å². The molecule has 5 atom stereocenters. The van der Waals surface area contributed by atoms with Gasteiger partial charge in [0.2, 0.25) is 5.91 Å². The van der Waals surface area contributed by atoms with Gasteiger partial charge in [-0.05, 0) is 60.7 Å². The van der Waals surface area contributed by atoms with E-state index >= 15 is 0 Å². The summed E-state index contributed by atoms with van der Waals surface area (Å²) in [5.41, 5.74) is 0.395. The summed E-state index contributed by atoms with van der Waals surface area (Å²) in [6.45, 7) is 10.2. The van der Waals surface area contributed by atoms with E-state index in [1.807, 2.05) is 0 Å². The molecule has 0 aromatic heterocycles. The molecule has 2 unspecified atom stereocenters. The van der Waals surface area contributed by atoms with Gasteiger partial charge in [0.1, 0.15) is 0 Å². The van der Waals surface area contributed by atoms with Crippen molar-refractivity contribution in [3.8, 4) is 0 Å². The van der Waals surface area contributed by atoms with Crippen molar-refractivity contribution in [1.29, 1.82) is 0 Å². The number of carbonyl (C=O) groups is 1. The van der Waals surface area contributed by atoms with Gasteiger partial charge in [0, 0.05) is 12.5 Å². The number of rotatable bonds is 4. The topological polar surface area (TPSA) is 29.1 Å². The third kappa shape index (κ3) is 2.19. The fraction of sp³-hybridized carbons (Fsp3) is 0.944. The summed E-state index contributed by atoms with van der Waals surface area (Å²) in [5.74, 6) is 4.15. The lowest BCUT2D eigenvalue weighted by molar-refractivity contribution is -0.130. The van der Waals surface area contributed by atoms with Crippen LogP contribution >= 0.6 is 0 Å². The maximum absolute atomic E-state index is 12.8. The Kier molecular flexibility index (Phi) is 3.63. The standard InChI is InChI=1S/C18H31NO/c1-11(2)15-13-6-7-14(12(13)3)16(15)17(20)19-10-18(4)8-5-9-18/h11-16H,5-10H2,1-4H3,(H,19,20)/t12-,13?,14+,15?,16-/m0/s1. The highest BCUT2D eigenvalue weighted by atomic mass is 16.1. The number of fused-ring (bicyclic) bond motifs is 2. The second-order valence-electron chi connectivity index (χ2n) is 8.49. The molecule has 2 heteroatoms. The molecule has 1 N–H and O–H groups in total. The van der Waals surface area contributed by atoms with Crippen molar-refractivity contribution < 1.29 is 4.79 Å². The summed E-state index contributed by atoms with van der Waals surface area (Å²) in [4.78, 5) is 12.8. The summed E-state index contributed by atoms with van der Waals surface area (Å²) in [5, 5.41) is 3.32.